The van der Waals surface area contributed by atoms with E-state index in [0.29, 0.717) is 5.92 Å². The summed E-state index contributed by atoms with van der Waals surface area (Å²) in [6.07, 6.45) is 6.56. The third-order valence-electron chi connectivity index (χ3n) is 4.61. The molecule has 17 heavy (non-hydrogen) atoms. The largest absolute Gasteiger partial charge is 0.469 e. The van der Waals surface area contributed by atoms with Crippen LogP contribution in [0.5, 0.6) is 0 Å². The highest BCUT2D eigenvalue weighted by Gasteiger charge is 2.30. The van der Waals surface area contributed by atoms with Crippen molar-refractivity contribution in [1.82, 2.24) is 0 Å². The Kier molecular flexibility index (Phi) is 3.93. The van der Waals surface area contributed by atoms with Gasteiger partial charge < -0.3 is 10.2 Å². The summed E-state index contributed by atoms with van der Waals surface area (Å²) < 4.78 is 5.49. The smallest absolute Gasteiger partial charge is 0.108 e. The van der Waals surface area contributed by atoms with Crippen LogP contribution < -0.4 is 5.73 Å². The first-order valence-electron chi connectivity index (χ1n) is 6.95. The Balaban J connectivity index is 2.07. The van der Waals surface area contributed by atoms with Crippen LogP contribution in [0.3, 0.4) is 0 Å². The van der Waals surface area contributed by atoms with Gasteiger partial charge in [-0.2, -0.15) is 0 Å². The van der Waals surface area contributed by atoms with Crippen LogP contribution >= 0.6 is 0 Å². The van der Waals surface area contributed by atoms with Crippen molar-refractivity contribution in [3.8, 4) is 0 Å². The minimum Gasteiger partial charge on any atom is -0.469 e. The fourth-order valence-electron chi connectivity index (χ4n) is 3.10. The standard InChI is InChI=1S/C15H25NO/c1-4-14-13(7-8-17-14)15(16)12-6-5-10(2)11(3)9-12/h7-8,10-12,15H,4-6,9,16H2,1-3H3. The van der Waals surface area contributed by atoms with E-state index in [9.17, 15) is 0 Å². The summed E-state index contributed by atoms with van der Waals surface area (Å²) in [5.74, 6) is 3.36. The average Bonchev–Trinajstić information content (AvgIpc) is 2.80. The molecule has 4 atom stereocenters. The van der Waals surface area contributed by atoms with Gasteiger partial charge in [-0.05, 0) is 36.7 Å². The Bertz CT molecular complexity index is 358. The molecule has 4 unspecified atom stereocenters. The molecule has 0 amide bonds. The summed E-state index contributed by atoms with van der Waals surface area (Å²) in [6.45, 7) is 6.85. The van der Waals surface area contributed by atoms with Gasteiger partial charge in [-0.15, -0.1) is 0 Å². The third-order valence-corrected chi connectivity index (χ3v) is 4.61. The van der Waals surface area contributed by atoms with Gasteiger partial charge in [-0.3, -0.25) is 0 Å². The topological polar surface area (TPSA) is 39.2 Å². The number of rotatable bonds is 3. The molecule has 2 N–H and O–H groups in total. The Morgan fingerprint density at radius 3 is 2.76 bits per heavy atom. The van der Waals surface area contributed by atoms with Crippen molar-refractivity contribution in [2.45, 2.75) is 52.5 Å². The van der Waals surface area contributed by atoms with Crippen LogP contribution in [0.2, 0.25) is 0 Å². The van der Waals surface area contributed by atoms with Gasteiger partial charge in [0.15, 0.2) is 0 Å². The summed E-state index contributed by atoms with van der Waals surface area (Å²) >= 11 is 0. The molecule has 2 nitrogen and oxygen atoms in total. The molecule has 1 heterocycles. The first kappa shape index (κ1) is 12.7. The Hall–Kier alpha value is -0.760. The zero-order valence-corrected chi connectivity index (χ0v) is 11.3. The molecule has 0 aromatic carbocycles. The van der Waals surface area contributed by atoms with Crippen molar-refractivity contribution in [1.29, 1.82) is 0 Å². The lowest BCUT2D eigenvalue weighted by molar-refractivity contribution is 0.185. The molecule has 1 saturated carbocycles. The predicted octanol–water partition coefficient (Wildman–Crippen LogP) is 3.91. The van der Waals surface area contributed by atoms with E-state index >= 15 is 0 Å². The monoisotopic (exact) mass is 235 g/mol. The van der Waals surface area contributed by atoms with E-state index < -0.39 is 0 Å². The SMILES string of the molecule is CCc1occc1C(N)C1CCC(C)C(C)C1. The van der Waals surface area contributed by atoms with Crippen LogP contribution in [-0.2, 0) is 6.42 Å². The zero-order valence-electron chi connectivity index (χ0n) is 11.3. The normalized spacial score (nSPS) is 31.4. The lowest BCUT2D eigenvalue weighted by Crippen LogP contribution is -2.29. The molecular weight excluding hydrogens is 210 g/mol. The van der Waals surface area contributed by atoms with E-state index in [4.69, 9.17) is 10.2 Å². The van der Waals surface area contributed by atoms with Gasteiger partial charge in [-0.25, -0.2) is 0 Å². The molecule has 0 aliphatic heterocycles. The van der Waals surface area contributed by atoms with E-state index in [2.05, 4.69) is 26.8 Å². The first-order valence-corrected chi connectivity index (χ1v) is 6.95. The molecule has 0 spiro atoms. The van der Waals surface area contributed by atoms with E-state index in [1.54, 1.807) is 6.26 Å². The molecule has 1 aromatic heterocycles. The maximum atomic E-state index is 6.44. The van der Waals surface area contributed by atoms with E-state index in [1.165, 1.54) is 24.8 Å². The molecule has 0 radical (unpaired) electrons. The molecule has 1 fully saturated rings. The van der Waals surface area contributed by atoms with Crippen molar-refractivity contribution < 1.29 is 4.42 Å². The molecule has 2 heteroatoms. The van der Waals surface area contributed by atoms with Crippen LogP contribution in [0.1, 0.15) is 57.4 Å². The Morgan fingerprint density at radius 1 is 1.35 bits per heavy atom. The second-order valence-electron chi connectivity index (χ2n) is 5.71. The van der Waals surface area contributed by atoms with Crippen LogP contribution in [0.15, 0.2) is 16.7 Å². The van der Waals surface area contributed by atoms with Crippen LogP contribution in [0.4, 0.5) is 0 Å². The molecule has 0 bridgehead atoms. The van der Waals surface area contributed by atoms with Crippen molar-refractivity contribution in [2.24, 2.45) is 23.5 Å². The number of nitrogens with two attached hydrogens (primary N) is 1. The van der Waals surface area contributed by atoms with Crippen LogP contribution in [0, 0.1) is 17.8 Å². The van der Waals surface area contributed by atoms with Crippen LogP contribution in [-0.4, -0.2) is 0 Å². The highest BCUT2D eigenvalue weighted by Crippen LogP contribution is 2.39. The fourth-order valence-corrected chi connectivity index (χ4v) is 3.10. The average molecular weight is 235 g/mol. The number of furan rings is 1. The fraction of sp³-hybridized carbons (Fsp3) is 0.733. The second kappa shape index (κ2) is 5.26. The predicted molar refractivity (Wildman–Crippen MR) is 70.7 cm³/mol. The molecule has 96 valence electrons. The number of hydrogen-bond donors (Lipinski definition) is 1. The Morgan fingerprint density at radius 2 is 2.12 bits per heavy atom. The summed E-state index contributed by atoms with van der Waals surface area (Å²) in [7, 11) is 0. The first-order chi connectivity index (χ1) is 8.13. The van der Waals surface area contributed by atoms with Gasteiger partial charge in [0.1, 0.15) is 5.76 Å². The number of aryl methyl sites for hydroxylation is 1. The van der Waals surface area contributed by atoms with Gasteiger partial charge in [0, 0.05) is 18.0 Å². The molecule has 2 rings (SSSR count). The molecule has 1 aliphatic carbocycles. The van der Waals surface area contributed by atoms with Crippen LogP contribution in [0.25, 0.3) is 0 Å². The molecule has 1 aromatic rings. The van der Waals surface area contributed by atoms with Crippen molar-refractivity contribution in [3.63, 3.8) is 0 Å². The summed E-state index contributed by atoms with van der Waals surface area (Å²) in [5, 5.41) is 0. The van der Waals surface area contributed by atoms with Gasteiger partial charge >= 0.3 is 0 Å². The maximum Gasteiger partial charge on any atom is 0.108 e. The van der Waals surface area contributed by atoms with Gasteiger partial charge in [0.05, 0.1) is 6.26 Å². The van der Waals surface area contributed by atoms with Crippen molar-refractivity contribution >= 4 is 0 Å². The minimum absolute atomic E-state index is 0.165. The maximum absolute atomic E-state index is 6.44. The highest BCUT2D eigenvalue weighted by molar-refractivity contribution is 5.22. The lowest BCUT2D eigenvalue weighted by Gasteiger charge is -2.35. The van der Waals surface area contributed by atoms with Gasteiger partial charge in [0.25, 0.3) is 0 Å². The van der Waals surface area contributed by atoms with Crippen molar-refractivity contribution in [2.75, 3.05) is 0 Å². The molecule has 1 aliphatic rings. The molecular formula is C15H25NO. The quantitative estimate of drug-likeness (QED) is 0.862. The summed E-state index contributed by atoms with van der Waals surface area (Å²) in [6, 6.07) is 2.23. The Labute approximate surface area is 105 Å². The molecule has 0 saturated heterocycles. The van der Waals surface area contributed by atoms with E-state index in [-0.39, 0.29) is 6.04 Å². The highest BCUT2D eigenvalue weighted by atomic mass is 16.3. The van der Waals surface area contributed by atoms with Gasteiger partial charge in [-0.1, -0.05) is 27.2 Å². The van der Waals surface area contributed by atoms with E-state index in [0.717, 1.165) is 24.0 Å². The number of hydrogen-bond acceptors (Lipinski definition) is 2. The zero-order chi connectivity index (χ0) is 12.4. The van der Waals surface area contributed by atoms with E-state index in [1.807, 2.05) is 0 Å². The summed E-state index contributed by atoms with van der Waals surface area (Å²) in [4.78, 5) is 0. The van der Waals surface area contributed by atoms with Crippen molar-refractivity contribution in [3.05, 3.63) is 23.7 Å². The third kappa shape index (κ3) is 2.57. The lowest BCUT2D eigenvalue weighted by atomic mass is 9.72. The second-order valence-corrected chi connectivity index (χ2v) is 5.71. The minimum atomic E-state index is 0.165. The van der Waals surface area contributed by atoms with Gasteiger partial charge in [0.2, 0.25) is 0 Å². The summed E-state index contributed by atoms with van der Waals surface area (Å²) in [5.41, 5.74) is 7.67.